The lowest BCUT2D eigenvalue weighted by Gasteiger charge is -2.35. The molecule has 0 spiro atoms. The van der Waals surface area contributed by atoms with Gasteiger partial charge in [0.15, 0.2) is 5.82 Å². The minimum absolute atomic E-state index is 0.00973. The molecule has 19 nitrogen and oxygen atoms in total. The number of nitrogens with zero attached hydrogens (tertiary/aromatic N) is 6. The number of piperidine rings is 1. The maximum atomic E-state index is 17.2. The molecule has 5 N–H and O–H groups in total. The average Bonchev–Trinajstić information content (AvgIpc) is 4.06. The molecule has 0 saturated carbocycles. The Hall–Kier alpha value is -8.09. The van der Waals surface area contributed by atoms with Crippen LogP contribution in [0.15, 0.2) is 60.8 Å². The van der Waals surface area contributed by atoms with E-state index in [-0.39, 0.29) is 113 Å². The summed E-state index contributed by atoms with van der Waals surface area (Å²) in [7, 11) is 0. The van der Waals surface area contributed by atoms with Crippen molar-refractivity contribution in [3.63, 3.8) is 0 Å². The van der Waals surface area contributed by atoms with Crippen LogP contribution in [-0.4, -0.2) is 135 Å². The van der Waals surface area contributed by atoms with Crippen molar-refractivity contribution < 1.29 is 52.1 Å². The molecule has 5 atom stereocenters. The van der Waals surface area contributed by atoms with Crippen LogP contribution in [0, 0.1) is 24.0 Å². The van der Waals surface area contributed by atoms with E-state index in [0.717, 1.165) is 23.3 Å². The lowest BCUT2D eigenvalue weighted by Crippen LogP contribution is -2.54. The van der Waals surface area contributed by atoms with E-state index in [0.29, 0.717) is 55.5 Å². The Morgan fingerprint density at radius 1 is 0.986 bits per heavy atom. The molecule has 11 rings (SSSR count). The third-order valence-electron chi connectivity index (χ3n) is 14.8. The number of imide groups is 2. The second-order valence-electron chi connectivity index (χ2n) is 19.5. The molecule has 21 heteroatoms. The Labute approximate surface area is 415 Å². The zero-order valence-electron chi connectivity index (χ0n) is 39.3. The van der Waals surface area contributed by atoms with Crippen molar-refractivity contribution in [1.29, 1.82) is 0 Å². The van der Waals surface area contributed by atoms with E-state index in [4.69, 9.17) is 20.9 Å². The number of piperazine rings is 1. The van der Waals surface area contributed by atoms with Gasteiger partial charge in [-0.3, -0.25) is 44.1 Å². The van der Waals surface area contributed by atoms with Crippen LogP contribution in [0.5, 0.6) is 11.8 Å². The number of hydrogen-bond acceptors (Lipinski definition) is 15. The second-order valence-corrected chi connectivity index (χ2v) is 19.5. The molecule has 3 aromatic carbocycles. The van der Waals surface area contributed by atoms with E-state index < -0.39 is 58.8 Å². The van der Waals surface area contributed by atoms with Crippen LogP contribution in [0.3, 0.4) is 0 Å². The van der Waals surface area contributed by atoms with Gasteiger partial charge in [0.05, 0.1) is 27.6 Å². The lowest BCUT2D eigenvalue weighted by molar-refractivity contribution is -0.136. The van der Waals surface area contributed by atoms with Gasteiger partial charge in [-0.15, -0.1) is 6.42 Å². The molecule has 6 amide bonds. The Kier molecular flexibility index (Phi) is 12.0. The van der Waals surface area contributed by atoms with Gasteiger partial charge < -0.3 is 35.4 Å². The summed E-state index contributed by atoms with van der Waals surface area (Å²) < 4.78 is 44.4. The molecular weight excluding hydrogens is 947 g/mol. The third-order valence-corrected chi connectivity index (χ3v) is 14.8. The van der Waals surface area contributed by atoms with Crippen LogP contribution in [0.2, 0.25) is 0 Å². The number of amides is 6. The van der Waals surface area contributed by atoms with E-state index in [1.807, 2.05) is 0 Å². The van der Waals surface area contributed by atoms with E-state index in [9.17, 15) is 33.9 Å². The minimum atomic E-state index is -1.12. The average molecular weight is 995 g/mol. The van der Waals surface area contributed by atoms with Crippen molar-refractivity contribution in [2.45, 2.75) is 81.1 Å². The predicted octanol–water partition coefficient (Wildman–Crippen LogP) is 4.45. The largest absolute Gasteiger partial charge is 0.508 e. The zero-order chi connectivity index (χ0) is 50.9. The highest BCUT2D eigenvalue weighted by molar-refractivity contribution is 6.24. The van der Waals surface area contributed by atoms with E-state index in [2.05, 4.69) is 53.5 Å². The molecule has 2 aromatic heterocycles. The van der Waals surface area contributed by atoms with Crippen molar-refractivity contribution in [3.8, 4) is 35.4 Å². The standard InChI is InChI=1S/C52H48F2N10O9/c1-3-33-38(53)9-4-27-16-32(65)18-36(42(27)33)44-43(54)45-37(20-56-44)46(62-22-29-5-6-30(23-62)57-29)61-50(60-45)73-25-52-14-12-31(63(52)21-26(2)19-52)24-72-51(71)55-15-13-41(67)58-28-7-8-34-35(17-28)49(70)64(48(34)69)39-10-11-40(66)59-47(39)68/h1,4,7-9,16-18,20,29-31,39,57,65H,2,5-6,10-15,19,21-25H2,(H,55,71)(H,58,67)(H,59,66,68)/t29-,30+,31-,39?,52-/m0/s1. The highest BCUT2D eigenvalue weighted by atomic mass is 19.1. The topological polar surface area (TPSA) is 238 Å². The number of nitrogens with one attached hydrogen (secondary N) is 4. The summed E-state index contributed by atoms with van der Waals surface area (Å²) in [5.74, 6) is -1.95. The fraction of sp³-hybridized carbons (Fsp3) is 0.365. The van der Waals surface area contributed by atoms with Crippen LogP contribution in [0.1, 0.15) is 77.6 Å². The van der Waals surface area contributed by atoms with Gasteiger partial charge in [-0.2, -0.15) is 9.97 Å². The molecule has 5 saturated heterocycles. The van der Waals surface area contributed by atoms with Crippen molar-refractivity contribution >= 4 is 68.8 Å². The SMILES string of the molecule is C#Cc1c(F)ccc2cc(O)cc(-c3ncc4c(N5C[C@H]6CC[C@@H](C5)N6)nc(OC[C@@]56CC[C@@H](COC(=O)NCCC(=O)Nc7ccc8c(c7)C(=O)N(C7CCC(=O)NC7=O)C8=O)N5CC(=C)C6)nc4c3F)c12. The summed E-state index contributed by atoms with van der Waals surface area (Å²) in [4.78, 5) is 95.3. The molecule has 8 heterocycles. The Bertz CT molecular complexity index is 3280. The first-order valence-corrected chi connectivity index (χ1v) is 24.1. The number of carbonyl (C=O) groups excluding carboxylic acids is 6. The molecule has 5 fully saturated rings. The predicted molar refractivity (Wildman–Crippen MR) is 259 cm³/mol. The number of phenolic OH excluding ortho intramolecular Hbond substituents is 1. The van der Waals surface area contributed by atoms with Gasteiger partial charge in [0.1, 0.15) is 47.9 Å². The first kappa shape index (κ1) is 47.2. The van der Waals surface area contributed by atoms with Gasteiger partial charge in [0, 0.05) is 80.0 Å². The van der Waals surface area contributed by atoms with Crippen LogP contribution in [-0.2, 0) is 19.1 Å². The number of pyridine rings is 1. The van der Waals surface area contributed by atoms with Crippen LogP contribution < -0.4 is 30.9 Å². The molecule has 0 aliphatic carbocycles. The number of fused-ring (bicyclic) bond motifs is 6. The molecule has 0 radical (unpaired) electrons. The van der Waals surface area contributed by atoms with Crippen molar-refractivity contribution in [3.05, 3.63) is 89.1 Å². The van der Waals surface area contributed by atoms with Gasteiger partial charge in [-0.05, 0) is 80.3 Å². The van der Waals surface area contributed by atoms with Crippen LogP contribution >= 0.6 is 0 Å². The number of rotatable bonds is 12. The lowest BCUT2D eigenvalue weighted by atomic mass is 9.94. The molecular formula is C52H48F2N10O9. The van der Waals surface area contributed by atoms with Gasteiger partial charge in [-0.25, -0.2) is 13.6 Å². The summed E-state index contributed by atoms with van der Waals surface area (Å²) in [5.41, 5.74) is 0.429. The first-order valence-electron chi connectivity index (χ1n) is 24.1. The number of benzene rings is 3. The Morgan fingerprint density at radius 3 is 2.56 bits per heavy atom. The molecule has 1 unspecified atom stereocenters. The Morgan fingerprint density at radius 2 is 1.78 bits per heavy atom. The van der Waals surface area contributed by atoms with Gasteiger partial charge >= 0.3 is 12.1 Å². The fourth-order valence-corrected chi connectivity index (χ4v) is 11.5. The summed E-state index contributed by atoms with van der Waals surface area (Å²) in [6.45, 7) is 6.09. The number of halogens is 2. The number of terminal acetylenes is 1. The number of hydrogen-bond donors (Lipinski definition) is 5. The van der Waals surface area contributed by atoms with Gasteiger partial charge in [-0.1, -0.05) is 24.1 Å². The maximum Gasteiger partial charge on any atom is 0.407 e. The maximum absolute atomic E-state index is 17.2. The number of ether oxygens (including phenoxy) is 2. The quantitative estimate of drug-likeness (QED) is 0.0660. The van der Waals surface area contributed by atoms with Crippen LogP contribution in [0.4, 0.5) is 25.1 Å². The van der Waals surface area contributed by atoms with E-state index in [1.165, 1.54) is 48.7 Å². The van der Waals surface area contributed by atoms with Crippen molar-refractivity contribution in [1.82, 2.24) is 40.7 Å². The molecule has 2 bridgehead atoms. The summed E-state index contributed by atoms with van der Waals surface area (Å²) >= 11 is 0. The van der Waals surface area contributed by atoms with Gasteiger partial charge in [0.25, 0.3) is 11.8 Å². The molecule has 6 aliphatic rings. The smallest absolute Gasteiger partial charge is 0.407 e. The monoisotopic (exact) mass is 994 g/mol. The molecule has 6 aliphatic heterocycles. The van der Waals surface area contributed by atoms with E-state index >= 15 is 8.78 Å². The molecule has 73 heavy (non-hydrogen) atoms. The fourth-order valence-electron chi connectivity index (χ4n) is 11.5. The zero-order valence-corrected chi connectivity index (χ0v) is 39.3. The number of carbonyl (C=O) groups is 6. The number of aromatic hydroxyl groups is 1. The first-order chi connectivity index (χ1) is 35.2. The number of phenols is 1. The Balaban J connectivity index is 0.747. The normalized spacial score (nSPS) is 23.4. The summed E-state index contributed by atoms with van der Waals surface area (Å²) in [5, 5.41) is 22.7. The second kappa shape index (κ2) is 18.5. The molecule has 374 valence electrons. The third kappa shape index (κ3) is 8.59. The molecule has 5 aromatic rings. The van der Waals surface area contributed by atoms with Crippen molar-refractivity contribution in [2.75, 3.05) is 49.6 Å². The highest BCUT2D eigenvalue weighted by Crippen LogP contribution is 2.45. The summed E-state index contributed by atoms with van der Waals surface area (Å²) in [6, 6.07) is 8.59. The highest BCUT2D eigenvalue weighted by Gasteiger charge is 2.52. The van der Waals surface area contributed by atoms with Crippen molar-refractivity contribution in [2.24, 2.45) is 0 Å². The van der Waals surface area contributed by atoms with Crippen LogP contribution in [0.25, 0.3) is 32.9 Å². The van der Waals surface area contributed by atoms with Gasteiger partial charge in [0.2, 0.25) is 17.7 Å². The number of alkyl carbamates (subject to hydrolysis) is 1. The number of anilines is 2. The van der Waals surface area contributed by atoms with E-state index in [1.54, 1.807) is 0 Å². The minimum Gasteiger partial charge on any atom is -0.508 e. The number of aromatic nitrogens is 3. The summed E-state index contributed by atoms with van der Waals surface area (Å²) in [6.07, 6.45) is 10.2.